The van der Waals surface area contributed by atoms with Crippen LogP contribution in [0.4, 0.5) is 10.5 Å². The van der Waals surface area contributed by atoms with E-state index in [0.29, 0.717) is 16.6 Å². The number of esters is 1. The van der Waals surface area contributed by atoms with Gasteiger partial charge in [0.1, 0.15) is 5.60 Å². The number of carbonyl (C=O) groups is 2. The second-order valence-corrected chi connectivity index (χ2v) is 9.37. The molecule has 168 valence electrons. The van der Waals surface area contributed by atoms with Crippen molar-refractivity contribution < 1.29 is 19.1 Å². The van der Waals surface area contributed by atoms with Gasteiger partial charge in [-0.15, -0.1) is 0 Å². The van der Waals surface area contributed by atoms with Crippen molar-refractivity contribution in [2.75, 3.05) is 25.6 Å². The molecule has 1 fully saturated rings. The summed E-state index contributed by atoms with van der Waals surface area (Å²) in [6.07, 6.45) is 3.43. The Labute approximate surface area is 185 Å². The first-order valence-corrected chi connectivity index (χ1v) is 11.0. The first kappa shape index (κ1) is 24.3. The molecule has 6 nitrogen and oxygen atoms in total. The molecule has 0 spiro atoms. The summed E-state index contributed by atoms with van der Waals surface area (Å²) in [4.78, 5) is 28.6. The Morgan fingerprint density at radius 1 is 1.13 bits per heavy atom. The number of halogens is 1. The molecule has 0 atom stereocenters. The van der Waals surface area contributed by atoms with E-state index in [0.717, 1.165) is 43.5 Å². The maximum absolute atomic E-state index is 12.4. The fourth-order valence-electron chi connectivity index (χ4n) is 4.15. The highest BCUT2D eigenvalue weighted by Gasteiger charge is 2.32. The topological polar surface area (TPSA) is 59.1 Å². The zero-order chi connectivity index (χ0) is 22.6. The Bertz CT molecular complexity index is 767. The van der Waals surface area contributed by atoms with Gasteiger partial charge in [0.2, 0.25) is 0 Å². The summed E-state index contributed by atoms with van der Waals surface area (Å²) in [6, 6.07) is 4.07. The SMILES string of the molecule is CCN(c1cc(Cl)cc(C(=O)OC)c1C)C1CCC(N(C)C(=O)OC(C)(C)C)CC1. The smallest absolute Gasteiger partial charge is 0.410 e. The van der Waals surface area contributed by atoms with E-state index in [4.69, 9.17) is 21.1 Å². The van der Waals surface area contributed by atoms with E-state index >= 15 is 0 Å². The number of methoxy groups -OCH3 is 1. The minimum atomic E-state index is -0.497. The lowest BCUT2D eigenvalue weighted by Crippen LogP contribution is -2.46. The Morgan fingerprint density at radius 3 is 2.20 bits per heavy atom. The fraction of sp³-hybridized carbons (Fsp3) is 0.652. The molecule has 30 heavy (non-hydrogen) atoms. The van der Waals surface area contributed by atoms with Crippen molar-refractivity contribution in [1.82, 2.24) is 4.90 Å². The lowest BCUT2D eigenvalue weighted by Gasteiger charge is -2.41. The van der Waals surface area contributed by atoms with Gasteiger partial charge in [-0.25, -0.2) is 9.59 Å². The summed E-state index contributed by atoms with van der Waals surface area (Å²) < 4.78 is 10.4. The van der Waals surface area contributed by atoms with E-state index in [1.807, 2.05) is 40.8 Å². The average Bonchev–Trinajstić information content (AvgIpc) is 2.68. The number of carbonyl (C=O) groups excluding carboxylic acids is 2. The molecule has 0 aliphatic heterocycles. The zero-order valence-corrected chi connectivity index (χ0v) is 20.0. The van der Waals surface area contributed by atoms with Crippen LogP contribution in [0.3, 0.4) is 0 Å². The van der Waals surface area contributed by atoms with Crippen LogP contribution < -0.4 is 4.90 Å². The van der Waals surface area contributed by atoms with Gasteiger partial charge in [-0.2, -0.15) is 0 Å². The van der Waals surface area contributed by atoms with Gasteiger partial charge >= 0.3 is 12.1 Å². The minimum absolute atomic E-state index is 0.167. The van der Waals surface area contributed by atoms with Crippen LogP contribution in [0, 0.1) is 6.92 Å². The van der Waals surface area contributed by atoms with E-state index < -0.39 is 5.60 Å². The van der Waals surface area contributed by atoms with Gasteiger partial charge in [0.05, 0.1) is 12.7 Å². The Hall–Kier alpha value is -1.95. The number of anilines is 1. The molecule has 1 aromatic rings. The molecular weight excluding hydrogens is 404 g/mol. The van der Waals surface area contributed by atoms with Crippen molar-refractivity contribution in [2.24, 2.45) is 0 Å². The highest BCUT2D eigenvalue weighted by molar-refractivity contribution is 6.31. The molecule has 7 heteroatoms. The summed E-state index contributed by atoms with van der Waals surface area (Å²) in [5.74, 6) is -0.380. The van der Waals surface area contributed by atoms with Gasteiger partial charge in [-0.3, -0.25) is 0 Å². The summed E-state index contributed by atoms with van der Waals surface area (Å²) >= 11 is 6.32. The largest absolute Gasteiger partial charge is 0.465 e. The lowest BCUT2D eigenvalue weighted by atomic mass is 9.88. The third-order valence-electron chi connectivity index (χ3n) is 5.74. The van der Waals surface area contributed by atoms with Crippen LogP contribution >= 0.6 is 11.6 Å². The van der Waals surface area contributed by atoms with E-state index in [2.05, 4.69) is 11.8 Å². The number of hydrogen-bond donors (Lipinski definition) is 0. The van der Waals surface area contributed by atoms with Crippen molar-refractivity contribution in [2.45, 2.75) is 78.0 Å². The second-order valence-electron chi connectivity index (χ2n) is 8.93. The van der Waals surface area contributed by atoms with Gasteiger partial charge in [0, 0.05) is 36.4 Å². The molecule has 1 saturated carbocycles. The molecule has 0 radical (unpaired) electrons. The third-order valence-corrected chi connectivity index (χ3v) is 5.95. The summed E-state index contributed by atoms with van der Waals surface area (Å²) in [6.45, 7) is 10.5. The monoisotopic (exact) mass is 438 g/mol. The van der Waals surface area contributed by atoms with Crippen molar-refractivity contribution in [3.8, 4) is 0 Å². The van der Waals surface area contributed by atoms with E-state index in [1.165, 1.54) is 7.11 Å². The molecule has 0 aromatic heterocycles. The number of rotatable bonds is 5. The summed E-state index contributed by atoms with van der Waals surface area (Å²) in [5.41, 5.74) is 1.84. The predicted octanol–water partition coefficient (Wildman–Crippen LogP) is 5.44. The van der Waals surface area contributed by atoms with Crippen LogP contribution in [0.1, 0.15) is 69.3 Å². The van der Waals surface area contributed by atoms with Gasteiger partial charge in [0.15, 0.2) is 0 Å². The number of ether oxygens (including phenoxy) is 2. The Kier molecular flexibility index (Phi) is 8.03. The molecule has 0 unspecified atom stereocenters. The predicted molar refractivity (Wildman–Crippen MR) is 121 cm³/mol. The molecule has 0 N–H and O–H groups in total. The van der Waals surface area contributed by atoms with Gasteiger partial charge in [-0.1, -0.05) is 11.6 Å². The maximum Gasteiger partial charge on any atom is 0.410 e. The van der Waals surface area contributed by atoms with E-state index in [-0.39, 0.29) is 18.1 Å². The first-order chi connectivity index (χ1) is 14.0. The summed E-state index contributed by atoms with van der Waals surface area (Å²) in [7, 11) is 3.20. The average molecular weight is 439 g/mol. The molecule has 0 saturated heterocycles. The van der Waals surface area contributed by atoms with Crippen LogP contribution in [0.25, 0.3) is 0 Å². The number of hydrogen-bond acceptors (Lipinski definition) is 5. The lowest BCUT2D eigenvalue weighted by molar-refractivity contribution is 0.0183. The van der Waals surface area contributed by atoms with Crippen LogP contribution in [0.5, 0.6) is 0 Å². The highest BCUT2D eigenvalue weighted by Crippen LogP contribution is 2.34. The van der Waals surface area contributed by atoms with Gasteiger partial charge in [0.25, 0.3) is 0 Å². The molecule has 0 heterocycles. The number of benzene rings is 1. The van der Waals surface area contributed by atoms with Crippen LogP contribution in [0.15, 0.2) is 12.1 Å². The normalized spacial score (nSPS) is 19.2. The molecule has 2 rings (SSSR count). The summed E-state index contributed by atoms with van der Waals surface area (Å²) in [5, 5.41) is 0.521. The Morgan fingerprint density at radius 2 is 1.70 bits per heavy atom. The Balaban J connectivity index is 2.13. The fourth-order valence-corrected chi connectivity index (χ4v) is 4.36. The standard InChI is InChI=1S/C23H35ClN2O4/c1-8-26(20-14-16(24)13-19(15(20)2)21(27)29-7)18-11-9-17(10-12-18)25(6)22(28)30-23(3,4)5/h13-14,17-18H,8-12H2,1-7H3. The molecule has 0 bridgehead atoms. The molecule has 1 aliphatic rings. The molecular formula is C23H35ClN2O4. The van der Waals surface area contributed by atoms with Crippen molar-refractivity contribution in [1.29, 1.82) is 0 Å². The van der Waals surface area contributed by atoms with Crippen LogP contribution in [-0.4, -0.2) is 55.3 Å². The third kappa shape index (κ3) is 5.81. The molecule has 1 aliphatic carbocycles. The van der Waals surface area contributed by atoms with Gasteiger partial charge < -0.3 is 19.3 Å². The molecule has 1 amide bonds. The highest BCUT2D eigenvalue weighted by atomic mass is 35.5. The van der Waals surface area contributed by atoms with Gasteiger partial charge in [-0.05, 0) is 78.0 Å². The van der Waals surface area contributed by atoms with Crippen molar-refractivity contribution in [3.63, 3.8) is 0 Å². The van der Waals surface area contributed by atoms with Crippen molar-refractivity contribution >= 4 is 29.4 Å². The van der Waals surface area contributed by atoms with Crippen LogP contribution in [0.2, 0.25) is 5.02 Å². The quantitative estimate of drug-likeness (QED) is 0.573. The second kappa shape index (κ2) is 9.90. The number of amides is 1. The number of nitrogens with zero attached hydrogens (tertiary/aromatic N) is 2. The zero-order valence-electron chi connectivity index (χ0n) is 19.3. The maximum atomic E-state index is 12.4. The first-order valence-electron chi connectivity index (χ1n) is 10.6. The van der Waals surface area contributed by atoms with Crippen LogP contribution in [-0.2, 0) is 9.47 Å². The van der Waals surface area contributed by atoms with E-state index in [1.54, 1.807) is 11.0 Å². The minimum Gasteiger partial charge on any atom is -0.465 e. The molecule has 1 aromatic carbocycles. The van der Waals surface area contributed by atoms with Crippen molar-refractivity contribution in [3.05, 3.63) is 28.3 Å². The van der Waals surface area contributed by atoms with E-state index in [9.17, 15) is 9.59 Å².